The maximum absolute atomic E-state index is 11.2. The molecule has 1 heterocycles. The van der Waals surface area contributed by atoms with Crippen molar-refractivity contribution in [3.8, 4) is 5.69 Å². The molecular weight excluding hydrogens is 312 g/mol. The number of nitrogen functional groups attached to an aromatic ring is 2. The van der Waals surface area contributed by atoms with Crippen LogP contribution in [0.1, 0.15) is 10.5 Å². The van der Waals surface area contributed by atoms with E-state index >= 15 is 0 Å². The van der Waals surface area contributed by atoms with Crippen LogP contribution in [-0.2, 0) is 0 Å². The van der Waals surface area contributed by atoms with E-state index in [9.17, 15) is 9.90 Å². The number of imidazole rings is 1. The molecule has 116 valence electrons. The zero-order chi connectivity index (χ0) is 16.4. The van der Waals surface area contributed by atoms with E-state index in [1.807, 2.05) is 24.3 Å². The molecule has 0 atom stereocenters. The lowest BCUT2D eigenvalue weighted by atomic mass is 10.3. The quantitative estimate of drug-likeness (QED) is 0.636. The van der Waals surface area contributed by atoms with E-state index in [4.69, 9.17) is 11.5 Å². The Morgan fingerprint density at radius 2 is 1.57 bits per heavy atom. The highest BCUT2D eigenvalue weighted by molar-refractivity contribution is 7.99. The predicted molar refractivity (Wildman–Crippen MR) is 89.9 cm³/mol. The second-order valence-corrected chi connectivity index (χ2v) is 5.89. The van der Waals surface area contributed by atoms with E-state index in [-0.39, 0.29) is 5.69 Å². The van der Waals surface area contributed by atoms with Gasteiger partial charge in [-0.1, -0.05) is 11.8 Å². The van der Waals surface area contributed by atoms with E-state index in [0.717, 1.165) is 10.6 Å². The lowest BCUT2D eigenvalue weighted by Crippen LogP contribution is -1.96. The Bertz CT molecular complexity index is 842. The number of carboxylic acids is 1. The molecule has 0 radical (unpaired) electrons. The van der Waals surface area contributed by atoms with Gasteiger partial charge in [0, 0.05) is 28.2 Å². The van der Waals surface area contributed by atoms with Crippen molar-refractivity contribution in [3.05, 3.63) is 60.4 Å². The molecule has 3 aromatic rings. The van der Waals surface area contributed by atoms with Crippen molar-refractivity contribution < 1.29 is 9.90 Å². The molecule has 0 amide bonds. The molecule has 0 saturated carbocycles. The number of hydrogen-bond acceptors (Lipinski definition) is 5. The van der Waals surface area contributed by atoms with Crippen LogP contribution in [0.25, 0.3) is 5.69 Å². The minimum absolute atomic E-state index is 0.0141. The number of hydrogen-bond donors (Lipinski definition) is 3. The molecule has 0 aliphatic carbocycles. The molecule has 7 heteroatoms. The fourth-order valence-electron chi connectivity index (χ4n) is 2.00. The third-order valence-corrected chi connectivity index (χ3v) is 4.13. The Labute approximate surface area is 136 Å². The van der Waals surface area contributed by atoms with Gasteiger partial charge in [-0.3, -0.25) is 4.57 Å². The summed E-state index contributed by atoms with van der Waals surface area (Å²) in [6.07, 6.45) is 1.49. The molecule has 2 aromatic carbocycles. The molecule has 23 heavy (non-hydrogen) atoms. The van der Waals surface area contributed by atoms with E-state index in [1.54, 1.807) is 28.8 Å². The summed E-state index contributed by atoms with van der Waals surface area (Å²) >= 11 is 1.36. The van der Waals surface area contributed by atoms with Crippen molar-refractivity contribution in [3.63, 3.8) is 0 Å². The van der Waals surface area contributed by atoms with Crippen LogP contribution in [-0.4, -0.2) is 20.6 Å². The van der Waals surface area contributed by atoms with Crippen molar-refractivity contribution in [2.75, 3.05) is 11.5 Å². The number of carbonyl (C=O) groups is 1. The monoisotopic (exact) mass is 326 g/mol. The van der Waals surface area contributed by atoms with Crippen LogP contribution in [0.2, 0.25) is 0 Å². The van der Waals surface area contributed by atoms with Crippen molar-refractivity contribution in [1.29, 1.82) is 0 Å². The first-order chi connectivity index (χ1) is 11.0. The molecule has 0 fully saturated rings. The number of benzene rings is 2. The average Bonchev–Trinajstić information content (AvgIpc) is 2.94. The van der Waals surface area contributed by atoms with Crippen LogP contribution in [0.5, 0.6) is 0 Å². The van der Waals surface area contributed by atoms with Crippen molar-refractivity contribution in [1.82, 2.24) is 9.55 Å². The number of aromatic carboxylic acids is 1. The van der Waals surface area contributed by atoms with Crippen molar-refractivity contribution >= 4 is 29.1 Å². The standard InChI is InChI=1S/C16H14N4O2S/c17-10-1-5-12(6-2-10)20-9-14(15(21)22)19-16(20)23-13-7-3-11(18)4-8-13/h1-9H,17-18H2,(H,21,22). The second kappa shape index (κ2) is 6.05. The normalized spacial score (nSPS) is 10.6. The maximum Gasteiger partial charge on any atom is 0.356 e. The number of anilines is 2. The first-order valence-corrected chi connectivity index (χ1v) is 7.56. The molecule has 0 saturated heterocycles. The number of nitrogens with zero attached hydrogens (tertiary/aromatic N) is 2. The Hall–Kier alpha value is -2.93. The smallest absolute Gasteiger partial charge is 0.356 e. The highest BCUT2D eigenvalue weighted by Gasteiger charge is 2.15. The highest BCUT2D eigenvalue weighted by Crippen LogP contribution is 2.30. The summed E-state index contributed by atoms with van der Waals surface area (Å²) in [5.41, 5.74) is 13.5. The van der Waals surface area contributed by atoms with Gasteiger partial charge < -0.3 is 16.6 Å². The maximum atomic E-state index is 11.2. The summed E-state index contributed by atoms with van der Waals surface area (Å²) in [6.45, 7) is 0. The molecule has 1 aromatic heterocycles. The largest absolute Gasteiger partial charge is 0.476 e. The summed E-state index contributed by atoms with van der Waals surface area (Å²) in [6, 6.07) is 14.4. The number of nitrogens with two attached hydrogens (primary N) is 2. The molecular formula is C16H14N4O2S. The zero-order valence-corrected chi connectivity index (χ0v) is 12.8. The minimum Gasteiger partial charge on any atom is -0.476 e. The topological polar surface area (TPSA) is 107 Å². The lowest BCUT2D eigenvalue weighted by molar-refractivity contribution is 0.0690. The van der Waals surface area contributed by atoms with Gasteiger partial charge in [-0.25, -0.2) is 9.78 Å². The summed E-state index contributed by atoms with van der Waals surface area (Å²) in [7, 11) is 0. The van der Waals surface area contributed by atoms with E-state index in [0.29, 0.717) is 16.5 Å². The third kappa shape index (κ3) is 3.29. The highest BCUT2D eigenvalue weighted by atomic mass is 32.2. The molecule has 0 unspecified atom stereocenters. The SMILES string of the molecule is Nc1ccc(Sc2nc(C(=O)O)cn2-c2ccc(N)cc2)cc1. The van der Waals surface area contributed by atoms with Crippen LogP contribution in [0.15, 0.2) is 64.8 Å². The minimum atomic E-state index is -1.07. The first-order valence-electron chi connectivity index (χ1n) is 6.75. The Morgan fingerprint density at radius 1 is 1.00 bits per heavy atom. The van der Waals surface area contributed by atoms with Crippen LogP contribution in [0.4, 0.5) is 11.4 Å². The molecule has 5 N–H and O–H groups in total. The molecule has 0 bridgehead atoms. The van der Waals surface area contributed by atoms with Crippen molar-refractivity contribution in [2.45, 2.75) is 10.1 Å². The van der Waals surface area contributed by atoms with E-state index in [2.05, 4.69) is 4.98 Å². The van der Waals surface area contributed by atoms with Gasteiger partial charge in [0.15, 0.2) is 10.9 Å². The number of aromatic nitrogens is 2. The van der Waals surface area contributed by atoms with Crippen LogP contribution in [0, 0.1) is 0 Å². The average molecular weight is 326 g/mol. The Balaban J connectivity index is 2.02. The van der Waals surface area contributed by atoms with E-state index in [1.165, 1.54) is 18.0 Å². The lowest BCUT2D eigenvalue weighted by Gasteiger charge is -2.07. The second-order valence-electron chi connectivity index (χ2n) is 4.85. The first kappa shape index (κ1) is 15.0. The molecule has 0 aliphatic rings. The Kier molecular flexibility index (Phi) is 3.94. The van der Waals surface area contributed by atoms with Gasteiger partial charge in [0.25, 0.3) is 0 Å². The third-order valence-electron chi connectivity index (χ3n) is 3.15. The van der Waals surface area contributed by atoms with Crippen LogP contribution >= 0.6 is 11.8 Å². The zero-order valence-electron chi connectivity index (χ0n) is 12.0. The van der Waals surface area contributed by atoms with Crippen molar-refractivity contribution in [2.24, 2.45) is 0 Å². The van der Waals surface area contributed by atoms with E-state index < -0.39 is 5.97 Å². The van der Waals surface area contributed by atoms with Gasteiger partial charge in [0.2, 0.25) is 0 Å². The van der Waals surface area contributed by atoms with Gasteiger partial charge in [0.1, 0.15) is 0 Å². The molecule has 0 aliphatic heterocycles. The predicted octanol–water partition coefficient (Wildman–Crippen LogP) is 2.89. The summed E-state index contributed by atoms with van der Waals surface area (Å²) < 4.78 is 1.73. The van der Waals surface area contributed by atoms with Gasteiger partial charge in [-0.2, -0.15) is 0 Å². The fraction of sp³-hybridized carbons (Fsp3) is 0. The number of rotatable bonds is 4. The Morgan fingerprint density at radius 3 is 2.13 bits per heavy atom. The molecule has 6 nitrogen and oxygen atoms in total. The van der Waals surface area contributed by atoms with Gasteiger partial charge in [0.05, 0.1) is 0 Å². The molecule has 3 rings (SSSR count). The van der Waals surface area contributed by atoms with Crippen LogP contribution < -0.4 is 11.5 Å². The fourth-order valence-corrected chi connectivity index (χ4v) is 2.88. The summed E-state index contributed by atoms with van der Waals surface area (Å²) in [5, 5.41) is 9.75. The van der Waals surface area contributed by atoms with Gasteiger partial charge in [-0.15, -0.1) is 0 Å². The van der Waals surface area contributed by atoms with Gasteiger partial charge >= 0.3 is 5.97 Å². The van der Waals surface area contributed by atoms with Crippen LogP contribution in [0.3, 0.4) is 0 Å². The molecule has 0 spiro atoms. The summed E-state index contributed by atoms with van der Waals surface area (Å²) in [4.78, 5) is 16.3. The van der Waals surface area contributed by atoms with Gasteiger partial charge in [-0.05, 0) is 48.5 Å². The number of carboxylic acid groups (broad SMARTS) is 1. The summed E-state index contributed by atoms with van der Waals surface area (Å²) in [5.74, 6) is -1.07.